The van der Waals surface area contributed by atoms with Crippen molar-refractivity contribution in [2.75, 3.05) is 33.0 Å². The molecule has 52 heavy (non-hydrogen) atoms. The first-order valence-corrected chi connectivity index (χ1v) is 19.6. The predicted octanol–water partition coefficient (Wildman–Crippen LogP) is 10.8. The van der Waals surface area contributed by atoms with Gasteiger partial charge in [-0.1, -0.05) is 137 Å². The number of hydrogen-bond donors (Lipinski definition) is 2. The average Bonchev–Trinajstić information content (AvgIpc) is 3.16. The third-order valence-corrected chi connectivity index (χ3v) is 9.89. The molecule has 6 nitrogen and oxygen atoms in total. The van der Waals surface area contributed by atoms with E-state index >= 15 is 0 Å². The summed E-state index contributed by atoms with van der Waals surface area (Å²) < 4.78 is 17.7. The molecule has 4 aromatic carbocycles. The van der Waals surface area contributed by atoms with Crippen molar-refractivity contribution in [1.82, 2.24) is 5.32 Å². The van der Waals surface area contributed by atoms with E-state index < -0.39 is 5.60 Å². The Morgan fingerprint density at radius 3 is 1.88 bits per heavy atom. The largest absolute Gasteiger partial charge is 0.493 e. The van der Waals surface area contributed by atoms with Crippen LogP contribution >= 0.6 is 11.6 Å². The van der Waals surface area contributed by atoms with E-state index in [0.717, 1.165) is 34.4 Å². The monoisotopic (exact) mass is 727 g/mol. The fourth-order valence-electron chi connectivity index (χ4n) is 6.38. The minimum Gasteiger partial charge on any atom is -0.493 e. The van der Waals surface area contributed by atoms with E-state index in [1.54, 1.807) is 12.1 Å². The third kappa shape index (κ3) is 12.7. The normalized spacial score (nSPS) is 12.3. The quantitative estimate of drug-likeness (QED) is 0.0555. The zero-order chi connectivity index (χ0) is 37.0. The van der Waals surface area contributed by atoms with Crippen LogP contribution in [0.25, 0.3) is 0 Å². The van der Waals surface area contributed by atoms with E-state index in [4.69, 9.17) is 25.8 Å². The summed E-state index contributed by atoms with van der Waals surface area (Å²) in [6.45, 7) is 8.47. The molecular formula is C45H58ClNO5. The number of amides is 1. The Morgan fingerprint density at radius 1 is 0.673 bits per heavy atom. The molecule has 0 fully saturated rings. The van der Waals surface area contributed by atoms with Gasteiger partial charge in [0.1, 0.15) is 23.7 Å². The molecule has 2 N–H and O–H groups in total. The molecule has 0 aliphatic carbocycles. The lowest BCUT2D eigenvalue weighted by atomic mass is 9.80. The van der Waals surface area contributed by atoms with E-state index in [2.05, 4.69) is 12.2 Å². The second kappa shape index (κ2) is 22.3. The lowest BCUT2D eigenvalue weighted by Crippen LogP contribution is -2.28. The predicted molar refractivity (Wildman–Crippen MR) is 213 cm³/mol. The molecule has 0 saturated carbocycles. The number of benzene rings is 4. The van der Waals surface area contributed by atoms with Crippen LogP contribution in [0.5, 0.6) is 11.5 Å². The first-order chi connectivity index (χ1) is 25.3. The molecule has 0 heterocycles. The maximum absolute atomic E-state index is 12.9. The van der Waals surface area contributed by atoms with Crippen LogP contribution in [0.15, 0.2) is 91.0 Å². The second-order valence-electron chi connectivity index (χ2n) is 13.6. The summed E-state index contributed by atoms with van der Waals surface area (Å²) in [5.74, 6) is 1.31. The topological polar surface area (TPSA) is 77.0 Å². The number of aryl methyl sites for hydroxylation is 1. The van der Waals surface area contributed by atoms with Gasteiger partial charge in [-0.25, -0.2) is 0 Å². The van der Waals surface area contributed by atoms with Gasteiger partial charge in [0.05, 0.1) is 19.8 Å². The standard InChI is InChI=1S/C45H58ClNO5/c1-4-5-6-7-8-9-10-11-12-13-17-29-52-43-34-37(33-35(2)36(43)3)44(48)47-28-30-50-31-32-51-42-26-22-40(23-27-42)45(49,38-18-15-14-16-19-38)39-20-24-41(46)25-21-39/h14-16,18-27,33-34,49H,4-13,17,28-32H2,1-3H3,(H,47,48). The molecule has 4 rings (SSSR count). The van der Waals surface area contributed by atoms with Gasteiger partial charge in [0.2, 0.25) is 0 Å². The molecule has 0 bridgehead atoms. The van der Waals surface area contributed by atoms with Crippen molar-refractivity contribution in [2.45, 2.75) is 97.0 Å². The molecule has 4 aromatic rings. The molecular weight excluding hydrogens is 670 g/mol. The molecule has 0 saturated heterocycles. The second-order valence-corrected chi connectivity index (χ2v) is 14.1. The van der Waals surface area contributed by atoms with Crippen molar-refractivity contribution < 1.29 is 24.1 Å². The van der Waals surface area contributed by atoms with Crippen LogP contribution in [0.3, 0.4) is 0 Å². The molecule has 1 unspecified atom stereocenters. The first kappa shape index (κ1) is 40.9. The molecule has 0 spiro atoms. The van der Waals surface area contributed by atoms with Crippen LogP contribution in [0.2, 0.25) is 5.02 Å². The SMILES string of the molecule is CCCCCCCCCCCCCOc1cc(C(=O)NCCOCCOc2ccc(C(O)(c3ccccc3)c3ccc(Cl)cc3)cc2)cc(C)c1C. The highest BCUT2D eigenvalue weighted by Crippen LogP contribution is 2.37. The lowest BCUT2D eigenvalue weighted by Gasteiger charge is -2.30. The van der Waals surface area contributed by atoms with Gasteiger partial charge in [-0.3, -0.25) is 4.79 Å². The Labute approximate surface area is 316 Å². The average molecular weight is 728 g/mol. The summed E-state index contributed by atoms with van der Waals surface area (Å²) in [7, 11) is 0. The highest BCUT2D eigenvalue weighted by molar-refractivity contribution is 6.30. The Bertz CT molecular complexity index is 1610. The number of rotatable bonds is 24. The maximum atomic E-state index is 12.9. The number of halogens is 1. The van der Waals surface area contributed by atoms with E-state index in [-0.39, 0.29) is 5.91 Å². The van der Waals surface area contributed by atoms with Crippen LogP contribution in [0.4, 0.5) is 0 Å². The zero-order valence-electron chi connectivity index (χ0n) is 31.4. The summed E-state index contributed by atoms with van der Waals surface area (Å²) in [6.07, 6.45) is 14.3. The van der Waals surface area contributed by atoms with Gasteiger partial charge in [0.15, 0.2) is 0 Å². The van der Waals surface area contributed by atoms with Gasteiger partial charge >= 0.3 is 0 Å². The van der Waals surface area contributed by atoms with Gasteiger partial charge in [-0.2, -0.15) is 0 Å². The molecule has 0 aromatic heterocycles. The van der Waals surface area contributed by atoms with Gasteiger partial charge in [-0.15, -0.1) is 0 Å². The van der Waals surface area contributed by atoms with Crippen LogP contribution in [0.1, 0.15) is 116 Å². The van der Waals surface area contributed by atoms with E-state index in [9.17, 15) is 9.90 Å². The van der Waals surface area contributed by atoms with Crippen molar-refractivity contribution in [1.29, 1.82) is 0 Å². The van der Waals surface area contributed by atoms with Crippen LogP contribution in [-0.2, 0) is 10.3 Å². The molecule has 7 heteroatoms. The van der Waals surface area contributed by atoms with Crippen molar-refractivity contribution in [3.63, 3.8) is 0 Å². The lowest BCUT2D eigenvalue weighted by molar-refractivity contribution is 0.0866. The number of unbranched alkanes of at least 4 members (excludes halogenated alkanes) is 10. The molecule has 1 atom stereocenters. The van der Waals surface area contributed by atoms with E-state index in [0.29, 0.717) is 54.9 Å². The Balaban J connectivity index is 1.13. The minimum absolute atomic E-state index is 0.142. The highest BCUT2D eigenvalue weighted by Gasteiger charge is 2.33. The Kier molecular flexibility index (Phi) is 17.5. The molecule has 1 amide bonds. The van der Waals surface area contributed by atoms with Crippen molar-refractivity contribution in [3.05, 3.63) is 129 Å². The van der Waals surface area contributed by atoms with Gasteiger partial charge in [0.25, 0.3) is 5.91 Å². The number of aliphatic hydroxyl groups is 1. The maximum Gasteiger partial charge on any atom is 0.251 e. The molecule has 280 valence electrons. The number of ether oxygens (including phenoxy) is 3. The number of carbonyl (C=O) groups is 1. The molecule has 0 aliphatic rings. The summed E-state index contributed by atoms with van der Waals surface area (Å²) in [6, 6.07) is 28.0. The number of hydrogen-bond acceptors (Lipinski definition) is 5. The fourth-order valence-corrected chi connectivity index (χ4v) is 6.50. The van der Waals surface area contributed by atoms with E-state index in [1.165, 1.54) is 64.2 Å². The third-order valence-electron chi connectivity index (χ3n) is 9.64. The first-order valence-electron chi connectivity index (χ1n) is 19.2. The fraction of sp³-hybridized carbons (Fsp3) is 0.444. The highest BCUT2D eigenvalue weighted by atomic mass is 35.5. The van der Waals surface area contributed by atoms with E-state index in [1.807, 2.05) is 92.7 Å². The van der Waals surface area contributed by atoms with Crippen molar-refractivity contribution in [3.8, 4) is 11.5 Å². The van der Waals surface area contributed by atoms with Gasteiger partial charge in [-0.05, 0) is 84.5 Å². The number of nitrogens with one attached hydrogen (secondary N) is 1. The van der Waals surface area contributed by atoms with Gasteiger partial charge in [0, 0.05) is 17.1 Å². The smallest absolute Gasteiger partial charge is 0.251 e. The minimum atomic E-state index is -1.35. The van der Waals surface area contributed by atoms with Crippen molar-refractivity contribution in [2.24, 2.45) is 0 Å². The Hall–Kier alpha value is -3.84. The summed E-state index contributed by atoms with van der Waals surface area (Å²) in [5, 5.41) is 15.6. The van der Waals surface area contributed by atoms with Crippen LogP contribution in [-0.4, -0.2) is 44.0 Å². The summed E-state index contributed by atoms with van der Waals surface area (Å²) in [5.41, 5.74) is 3.55. The molecule has 0 aliphatic heterocycles. The Morgan fingerprint density at radius 2 is 1.25 bits per heavy atom. The zero-order valence-corrected chi connectivity index (χ0v) is 32.2. The molecule has 0 radical (unpaired) electrons. The van der Waals surface area contributed by atoms with Crippen LogP contribution in [0, 0.1) is 13.8 Å². The van der Waals surface area contributed by atoms with Crippen LogP contribution < -0.4 is 14.8 Å². The summed E-state index contributed by atoms with van der Waals surface area (Å²) in [4.78, 5) is 12.9. The number of carbonyl (C=O) groups excluding carboxylic acids is 1. The van der Waals surface area contributed by atoms with Gasteiger partial charge < -0.3 is 24.6 Å². The summed E-state index contributed by atoms with van der Waals surface area (Å²) >= 11 is 6.13. The van der Waals surface area contributed by atoms with Crippen molar-refractivity contribution >= 4 is 17.5 Å².